The van der Waals surface area contributed by atoms with E-state index in [2.05, 4.69) is 0 Å². The summed E-state index contributed by atoms with van der Waals surface area (Å²) < 4.78 is 27.9. The Bertz CT molecular complexity index is 1110. The Kier molecular flexibility index (Phi) is 4.98. The first-order valence-corrected chi connectivity index (χ1v) is 9.66. The quantitative estimate of drug-likeness (QED) is 0.386. The highest BCUT2D eigenvalue weighted by Gasteiger charge is 2.47. The Labute approximate surface area is 169 Å². The monoisotopic (exact) mass is 411 g/mol. The average molecular weight is 411 g/mol. The van der Waals surface area contributed by atoms with Crippen LogP contribution in [0.1, 0.15) is 22.0 Å². The molecule has 1 aliphatic rings. The van der Waals surface area contributed by atoms with Crippen LogP contribution in [0.25, 0.3) is 5.76 Å². The number of benzene rings is 2. The fourth-order valence-electron chi connectivity index (χ4n) is 3.40. The highest BCUT2D eigenvalue weighted by molar-refractivity contribution is 7.09. The maximum absolute atomic E-state index is 14.6. The molecule has 0 bridgehead atoms. The minimum Gasteiger partial charge on any atom is -0.507 e. The minimum atomic E-state index is -1.09. The van der Waals surface area contributed by atoms with Crippen LogP contribution in [-0.2, 0) is 16.1 Å². The van der Waals surface area contributed by atoms with Gasteiger partial charge >= 0.3 is 0 Å². The number of nitrogens with zero attached hydrogens (tertiary/aromatic N) is 1. The van der Waals surface area contributed by atoms with Gasteiger partial charge in [-0.2, -0.15) is 0 Å². The molecule has 4 nitrogen and oxygen atoms in total. The second-order valence-corrected chi connectivity index (χ2v) is 7.57. The van der Waals surface area contributed by atoms with Gasteiger partial charge in [0.25, 0.3) is 11.7 Å². The standard InChI is InChI=1S/C22H15F2NO3S/c23-14-9-7-13(8-10-14)20(26)18-19(16-5-1-2-6-17(16)24)25(22(28)21(18)27)12-15-4-3-11-29-15/h1-11,19,26H,12H2/b20-18-. The number of aliphatic hydroxyl groups excluding tert-OH is 1. The van der Waals surface area contributed by atoms with Gasteiger partial charge in [-0.1, -0.05) is 24.3 Å². The molecule has 3 aromatic rings. The summed E-state index contributed by atoms with van der Waals surface area (Å²) in [6, 6.07) is 13.2. The molecule has 146 valence electrons. The van der Waals surface area contributed by atoms with Crippen molar-refractivity contribution in [2.24, 2.45) is 0 Å². The van der Waals surface area contributed by atoms with Gasteiger partial charge in [0.2, 0.25) is 0 Å². The lowest BCUT2D eigenvalue weighted by Crippen LogP contribution is -2.29. The second-order valence-electron chi connectivity index (χ2n) is 6.53. The molecule has 29 heavy (non-hydrogen) atoms. The van der Waals surface area contributed by atoms with E-state index >= 15 is 0 Å². The molecule has 1 unspecified atom stereocenters. The number of hydrogen-bond acceptors (Lipinski definition) is 4. The molecular weight excluding hydrogens is 396 g/mol. The molecule has 1 aromatic heterocycles. The zero-order valence-corrected chi connectivity index (χ0v) is 15.8. The van der Waals surface area contributed by atoms with Crippen molar-refractivity contribution in [1.82, 2.24) is 4.90 Å². The Morgan fingerprint density at radius 2 is 1.72 bits per heavy atom. The molecule has 0 radical (unpaired) electrons. The Hall–Kier alpha value is -3.32. The van der Waals surface area contributed by atoms with E-state index in [1.54, 1.807) is 6.07 Å². The smallest absolute Gasteiger partial charge is 0.295 e. The van der Waals surface area contributed by atoms with Crippen molar-refractivity contribution >= 4 is 28.8 Å². The molecule has 1 amide bonds. The van der Waals surface area contributed by atoms with E-state index in [-0.39, 0.29) is 23.2 Å². The van der Waals surface area contributed by atoms with E-state index < -0.39 is 35.1 Å². The summed E-state index contributed by atoms with van der Waals surface area (Å²) in [7, 11) is 0. The van der Waals surface area contributed by atoms with Crippen molar-refractivity contribution in [1.29, 1.82) is 0 Å². The summed E-state index contributed by atoms with van der Waals surface area (Å²) in [5, 5.41) is 12.6. The van der Waals surface area contributed by atoms with Crippen molar-refractivity contribution in [3.05, 3.63) is 99.3 Å². The molecule has 4 rings (SSSR count). The summed E-state index contributed by atoms with van der Waals surface area (Å²) in [6.45, 7) is 0.0986. The van der Waals surface area contributed by atoms with Crippen molar-refractivity contribution in [2.45, 2.75) is 12.6 Å². The van der Waals surface area contributed by atoms with Crippen molar-refractivity contribution in [3.8, 4) is 0 Å². The van der Waals surface area contributed by atoms with Gasteiger partial charge in [0.15, 0.2) is 0 Å². The number of carbonyl (C=O) groups excluding carboxylic acids is 2. The van der Waals surface area contributed by atoms with Crippen LogP contribution in [0.5, 0.6) is 0 Å². The molecule has 0 aliphatic carbocycles. The van der Waals surface area contributed by atoms with Gasteiger partial charge in [0.1, 0.15) is 17.4 Å². The fraction of sp³-hybridized carbons (Fsp3) is 0.0909. The topological polar surface area (TPSA) is 57.6 Å². The summed E-state index contributed by atoms with van der Waals surface area (Å²) >= 11 is 1.40. The van der Waals surface area contributed by atoms with E-state index in [1.165, 1.54) is 46.6 Å². The van der Waals surface area contributed by atoms with Gasteiger partial charge in [-0.15, -0.1) is 11.3 Å². The van der Waals surface area contributed by atoms with Crippen molar-refractivity contribution < 1.29 is 23.5 Å². The number of hydrogen-bond donors (Lipinski definition) is 1. The Balaban J connectivity index is 1.89. The first-order valence-electron chi connectivity index (χ1n) is 8.78. The maximum Gasteiger partial charge on any atom is 0.295 e. The van der Waals surface area contributed by atoms with E-state index in [4.69, 9.17) is 0 Å². The van der Waals surface area contributed by atoms with Crippen LogP contribution in [0.2, 0.25) is 0 Å². The lowest BCUT2D eigenvalue weighted by atomic mass is 9.95. The lowest BCUT2D eigenvalue weighted by Gasteiger charge is -2.25. The van der Waals surface area contributed by atoms with Crippen LogP contribution in [0, 0.1) is 11.6 Å². The van der Waals surface area contributed by atoms with Crippen LogP contribution < -0.4 is 0 Å². The van der Waals surface area contributed by atoms with Gasteiger partial charge in [-0.05, 0) is 41.8 Å². The van der Waals surface area contributed by atoms with Crippen molar-refractivity contribution in [3.63, 3.8) is 0 Å². The zero-order valence-electron chi connectivity index (χ0n) is 15.0. The van der Waals surface area contributed by atoms with E-state index in [9.17, 15) is 23.5 Å². The van der Waals surface area contributed by atoms with Crippen LogP contribution in [0.4, 0.5) is 8.78 Å². The highest BCUT2D eigenvalue weighted by Crippen LogP contribution is 2.41. The lowest BCUT2D eigenvalue weighted by molar-refractivity contribution is -0.140. The van der Waals surface area contributed by atoms with Gasteiger partial charge in [-0.25, -0.2) is 8.78 Å². The van der Waals surface area contributed by atoms with E-state index in [0.29, 0.717) is 0 Å². The Morgan fingerprint density at radius 1 is 1.00 bits per heavy atom. The van der Waals surface area contributed by atoms with Gasteiger partial charge < -0.3 is 10.0 Å². The summed E-state index contributed by atoms with van der Waals surface area (Å²) in [5.41, 5.74) is 0.0528. The van der Waals surface area contributed by atoms with Gasteiger partial charge in [0.05, 0.1) is 18.2 Å². The first kappa shape index (κ1) is 19.0. The molecular formula is C22H15F2NO3S. The number of likely N-dealkylation sites (tertiary alicyclic amines) is 1. The van der Waals surface area contributed by atoms with Crippen LogP contribution in [0.15, 0.2) is 71.6 Å². The SMILES string of the molecule is O=C1C(=O)N(Cc2cccs2)C(c2ccccc2F)/C1=C(/O)c1ccc(F)cc1. The Morgan fingerprint density at radius 3 is 2.38 bits per heavy atom. The third kappa shape index (κ3) is 3.45. The zero-order chi connectivity index (χ0) is 20.5. The molecule has 0 saturated carbocycles. The molecule has 1 fully saturated rings. The second kappa shape index (κ2) is 7.60. The molecule has 2 aromatic carbocycles. The molecule has 2 heterocycles. The third-order valence-electron chi connectivity index (χ3n) is 4.76. The molecule has 7 heteroatoms. The van der Waals surface area contributed by atoms with E-state index in [1.807, 2.05) is 17.5 Å². The number of thiophene rings is 1. The van der Waals surface area contributed by atoms with Gasteiger partial charge in [0, 0.05) is 16.0 Å². The molecule has 0 spiro atoms. The summed E-state index contributed by atoms with van der Waals surface area (Å²) in [5.74, 6) is -3.30. The predicted molar refractivity (Wildman–Crippen MR) is 105 cm³/mol. The number of carbonyl (C=O) groups is 2. The third-order valence-corrected chi connectivity index (χ3v) is 5.62. The van der Waals surface area contributed by atoms with Crippen LogP contribution in [0.3, 0.4) is 0 Å². The van der Waals surface area contributed by atoms with Crippen LogP contribution in [-0.4, -0.2) is 21.7 Å². The highest BCUT2D eigenvalue weighted by atomic mass is 32.1. The number of amides is 1. The van der Waals surface area contributed by atoms with E-state index in [0.717, 1.165) is 17.0 Å². The maximum atomic E-state index is 14.6. The summed E-state index contributed by atoms with van der Waals surface area (Å²) in [4.78, 5) is 27.7. The first-order chi connectivity index (χ1) is 14.0. The number of ketones is 1. The predicted octanol–water partition coefficient (Wildman–Crippen LogP) is 4.65. The molecule has 1 aliphatic heterocycles. The minimum absolute atomic E-state index is 0.0986. The normalized spacial score (nSPS) is 18.4. The summed E-state index contributed by atoms with van der Waals surface area (Å²) in [6.07, 6.45) is 0. The number of aliphatic hydroxyl groups is 1. The number of halogens is 2. The molecule has 1 atom stereocenters. The molecule has 1 N–H and O–H groups in total. The van der Waals surface area contributed by atoms with Crippen LogP contribution >= 0.6 is 11.3 Å². The average Bonchev–Trinajstić information content (AvgIpc) is 3.31. The van der Waals surface area contributed by atoms with Crippen molar-refractivity contribution in [2.75, 3.05) is 0 Å². The number of Topliss-reactive ketones (excluding diaryl/α,β-unsaturated/α-hetero) is 1. The fourth-order valence-corrected chi connectivity index (χ4v) is 4.10. The van der Waals surface area contributed by atoms with Gasteiger partial charge in [-0.3, -0.25) is 9.59 Å². The largest absolute Gasteiger partial charge is 0.507 e. The molecule has 1 saturated heterocycles. The number of rotatable bonds is 4.